The van der Waals surface area contributed by atoms with Crippen molar-refractivity contribution in [1.82, 2.24) is 19.5 Å². The molecule has 1 amide bonds. The van der Waals surface area contributed by atoms with Gasteiger partial charge in [-0.15, -0.1) is 0 Å². The Hall–Kier alpha value is -2.34. The maximum atomic E-state index is 11.2. The molecule has 0 spiro atoms. The van der Waals surface area contributed by atoms with Gasteiger partial charge in [0.1, 0.15) is 24.6 Å². The normalized spacial score (nSPS) is 30.0. The summed E-state index contributed by atoms with van der Waals surface area (Å²) in [6, 6.07) is 0.332. The summed E-state index contributed by atoms with van der Waals surface area (Å²) in [5.74, 6) is -0.458. The lowest BCUT2D eigenvalue weighted by atomic mass is 10.1. The van der Waals surface area contributed by atoms with Gasteiger partial charge in [-0.1, -0.05) is 12.8 Å². The minimum atomic E-state index is -1.75. The van der Waals surface area contributed by atoms with Crippen molar-refractivity contribution in [3.8, 4) is 0 Å². The number of aromatic nitrogens is 4. The molecule has 2 aliphatic rings. The van der Waals surface area contributed by atoms with E-state index in [1.54, 1.807) is 0 Å². The van der Waals surface area contributed by atoms with Crippen molar-refractivity contribution < 1.29 is 24.9 Å². The van der Waals surface area contributed by atoms with Gasteiger partial charge in [-0.05, 0) is 12.8 Å². The smallest absolute Gasteiger partial charge is 0.249 e. The highest BCUT2D eigenvalue weighted by Gasteiger charge is 2.48. The van der Waals surface area contributed by atoms with Gasteiger partial charge >= 0.3 is 0 Å². The number of aliphatic hydroxyl groups is 3. The van der Waals surface area contributed by atoms with E-state index in [0.717, 1.165) is 12.8 Å². The number of ether oxygens (including phenoxy) is 1. The molecule has 3 unspecified atom stereocenters. The van der Waals surface area contributed by atoms with Crippen molar-refractivity contribution in [2.45, 2.75) is 62.4 Å². The van der Waals surface area contributed by atoms with E-state index in [1.807, 2.05) is 0 Å². The number of carbonyl (C=O) groups is 1. The van der Waals surface area contributed by atoms with E-state index >= 15 is 0 Å². The highest BCUT2D eigenvalue weighted by atomic mass is 16.6. The second-order valence-corrected chi connectivity index (χ2v) is 6.99. The Labute approximate surface area is 154 Å². The molecule has 0 radical (unpaired) electrons. The average Bonchev–Trinajstić information content (AvgIpc) is 3.36. The van der Waals surface area contributed by atoms with Crippen LogP contribution in [0.1, 0.15) is 31.9 Å². The van der Waals surface area contributed by atoms with E-state index in [-0.39, 0.29) is 0 Å². The van der Waals surface area contributed by atoms with Crippen LogP contribution in [0.3, 0.4) is 0 Å². The van der Waals surface area contributed by atoms with Crippen LogP contribution in [0.15, 0.2) is 12.7 Å². The van der Waals surface area contributed by atoms with Crippen molar-refractivity contribution in [2.24, 2.45) is 5.73 Å². The average molecular weight is 378 g/mol. The number of anilines is 1. The summed E-state index contributed by atoms with van der Waals surface area (Å²) in [5, 5.41) is 33.7. The van der Waals surface area contributed by atoms with Crippen LogP contribution in [-0.2, 0) is 9.53 Å². The molecule has 4 rings (SSSR count). The second kappa shape index (κ2) is 7.00. The van der Waals surface area contributed by atoms with Gasteiger partial charge in [-0.3, -0.25) is 9.36 Å². The quantitative estimate of drug-likeness (QED) is 0.422. The van der Waals surface area contributed by atoms with Crippen molar-refractivity contribution in [3.63, 3.8) is 0 Å². The Balaban J connectivity index is 1.63. The molecule has 11 heteroatoms. The summed E-state index contributed by atoms with van der Waals surface area (Å²) in [7, 11) is 0. The SMILES string of the molecule is NC(=O)C(O)[C@H]1O[C@@H](n2cnc3c(NC4CCCC4)ncnc32)C(O)C1O. The van der Waals surface area contributed by atoms with Crippen LogP contribution in [0.4, 0.5) is 5.82 Å². The molecule has 5 atom stereocenters. The van der Waals surface area contributed by atoms with Crippen LogP contribution in [0.25, 0.3) is 11.2 Å². The molecule has 2 aromatic rings. The Kier molecular flexibility index (Phi) is 4.68. The molecule has 3 heterocycles. The fourth-order valence-corrected chi connectivity index (χ4v) is 3.75. The first-order valence-corrected chi connectivity index (χ1v) is 8.90. The molecule has 0 bridgehead atoms. The fourth-order valence-electron chi connectivity index (χ4n) is 3.75. The van der Waals surface area contributed by atoms with Gasteiger partial charge in [0.25, 0.3) is 0 Å². The van der Waals surface area contributed by atoms with E-state index in [2.05, 4.69) is 20.3 Å². The number of nitrogens with zero attached hydrogens (tertiary/aromatic N) is 4. The first-order valence-electron chi connectivity index (χ1n) is 8.90. The van der Waals surface area contributed by atoms with Gasteiger partial charge in [0.05, 0.1) is 6.33 Å². The molecular weight excluding hydrogens is 356 g/mol. The van der Waals surface area contributed by atoms with Gasteiger partial charge in [0, 0.05) is 6.04 Å². The number of amides is 1. The predicted molar refractivity (Wildman–Crippen MR) is 92.3 cm³/mol. The first-order chi connectivity index (χ1) is 13.0. The lowest BCUT2D eigenvalue weighted by Crippen LogP contribution is -2.45. The maximum absolute atomic E-state index is 11.2. The van der Waals surface area contributed by atoms with Gasteiger partial charge < -0.3 is 31.1 Å². The molecule has 27 heavy (non-hydrogen) atoms. The van der Waals surface area contributed by atoms with Gasteiger partial charge in [-0.2, -0.15) is 0 Å². The van der Waals surface area contributed by atoms with E-state index in [1.165, 1.54) is 30.1 Å². The monoisotopic (exact) mass is 378 g/mol. The Bertz CT molecular complexity index is 838. The summed E-state index contributed by atoms with van der Waals surface area (Å²) in [6.45, 7) is 0. The van der Waals surface area contributed by atoms with E-state index in [0.29, 0.717) is 23.0 Å². The highest BCUT2D eigenvalue weighted by molar-refractivity contribution is 5.83. The van der Waals surface area contributed by atoms with E-state index < -0.39 is 36.6 Å². The summed E-state index contributed by atoms with van der Waals surface area (Å²) < 4.78 is 6.97. The molecule has 1 saturated carbocycles. The summed E-state index contributed by atoms with van der Waals surface area (Å²) in [5.41, 5.74) is 5.97. The fraction of sp³-hybridized carbons (Fsp3) is 0.625. The highest BCUT2D eigenvalue weighted by Crippen LogP contribution is 2.34. The number of aliphatic hydroxyl groups excluding tert-OH is 3. The second-order valence-electron chi connectivity index (χ2n) is 6.99. The lowest BCUT2D eigenvalue weighted by molar-refractivity contribution is -0.140. The van der Waals surface area contributed by atoms with Crippen LogP contribution >= 0.6 is 0 Å². The Morgan fingerprint density at radius 1 is 1.26 bits per heavy atom. The molecule has 0 aromatic carbocycles. The molecule has 6 N–H and O–H groups in total. The van der Waals surface area contributed by atoms with Gasteiger partial charge in [0.15, 0.2) is 29.3 Å². The summed E-state index contributed by atoms with van der Waals surface area (Å²) >= 11 is 0. The number of primary amides is 1. The first kappa shape index (κ1) is 18.0. The molecule has 2 fully saturated rings. The minimum Gasteiger partial charge on any atom is -0.387 e. The van der Waals surface area contributed by atoms with Crippen molar-refractivity contribution in [2.75, 3.05) is 5.32 Å². The number of rotatable bonds is 5. The Morgan fingerprint density at radius 3 is 2.70 bits per heavy atom. The Morgan fingerprint density at radius 2 is 2.00 bits per heavy atom. The third-order valence-corrected chi connectivity index (χ3v) is 5.21. The zero-order valence-corrected chi connectivity index (χ0v) is 14.5. The van der Waals surface area contributed by atoms with E-state index in [9.17, 15) is 20.1 Å². The number of hydrogen-bond acceptors (Lipinski definition) is 9. The number of fused-ring (bicyclic) bond motifs is 1. The number of nitrogens with one attached hydrogen (secondary N) is 1. The molecule has 2 aromatic heterocycles. The number of imidazole rings is 1. The lowest BCUT2D eigenvalue weighted by Gasteiger charge is -2.18. The minimum absolute atomic E-state index is 0.332. The third-order valence-electron chi connectivity index (χ3n) is 5.21. The number of hydrogen-bond donors (Lipinski definition) is 5. The largest absolute Gasteiger partial charge is 0.387 e. The van der Waals surface area contributed by atoms with Gasteiger partial charge in [-0.25, -0.2) is 15.0 Å². The van der Waals surface area contributed by atoms with Crippen molar-refractivity contribution in [1.29, 1.82) is 0 Å². The van der Waals surface area contributed by atoms with Crippen LogP contribution in [0.5, 0.6) is 0 Å². The maximum Gasteiger partial charge on any atom is 0.249 e. The molecule has 146 valence electrons. The zero-order valence-electron chi connectivity index (χ0n) is 14.5. The van der Waals surface area contributed by atoms with E-state index in [4.69, 9.17) is 10.5 Å². The topological polar surface area (TPSA) is 169 Å². The molecular formula is C16H22N6O5. The van der Waals surface area contributed by atoms with Crippen LogP contribution in [0.2, 0.25) is 0 Å². The molecule has 1 saturated heterocycles. The van der Waals surface area contributed by atoms with Crippen LogP contribution in [-0.4, -0.2) is 71.2 Å². The number of carbonyl (C=O) groups excluding carboxylic acids is 1. The van der Waals surface area contributed by atoms with Crippen LogP contribution < -0.4 is 11.1 Å². The zero-order chi connectivity index (χ0) is 19.1. The number of nitrogens with two attached hydrogens (primary N) is 1. The predicted octanol–water partition coefficient (Wildman–Crippen LogP) is -1.35. The molecule has 11 nitrogen and oxygen atoms in total. The van der Waals surface area contributed by atoms with Crippen molar-refractivity contribution >= 4 is 22.9 Å². The van der Waals surface area contributed by atoms with Crippen LogP contribution in [0, 0.1) is 0 Å². The molecule has 1 aliphatic carbocycles. The van der Waals surface area contributed by atoms with Gasteiger partial charge in [0.2, 0.25) is 5.91 Å². The summed E-state index contributed by atoms with van der Waals surface area (Å²) in [4.78, 5) is 24.0. The van der Waals surface area contributed by atoms with Crippen molar-refractivity contribution in [3.05, 3.63) is 12.7 Å². The molecule has 1 aliphatic heterocycles. The third kappa shape index (κ3) is 3.12. The standard InChI is InChI=1S/C16H22N6O5/c17-13(26)11(25)12-9(23)10(24)16(27-12)22-6-20-8-14(18-5-19-15(8)22)21-7-3-1-2-4-7/h5-7,9-12,16,23-25H,1-4H2,(H2,17,26)(H,18,19,21)/t9?,10?,11?,12-,16+/m0/s1. The summed E-state index contributed by atoms with van der Waals surface area (Å²) in [6.07, 6.45) is 0.193.